The van der Waals surface area contributed by atoms with Crippen LogP contribution in [0.25, 0.3) is 11.4 Å². The molecule has 0 saturated heterocycles. The summed E-state index contributed by atoms with van der Waals surface area (Å²) >= 11 is 0. The standard InChI is InChI=1S/C11H12N4/c1-3-10(14-8-6-12-9-14)11(4-1)15-7-2-5-13-15/h2,5-9H,1,3-4H2. The first-order chi connectivity index (χ1) is 7.45. The monoisotopic (exact) mass is 200 g/mol. The third-order valence-corrected chi connectivity index (χ3v) is 2.76. The molecule has 15 heavy (non-hydrogen) atoms. The summed E-state index contributed by atoms with van der Waals surface area (Å²) in [5.41, 5.74) is 2.61. The van der Waals surface area contributed by atoms with Gasteiger partial charge in [-0.15, -0.1) is 0 Å². The average Bonchev–Trinajstić information content (AvgIpc) is 3.01. The van der Waals surface area contributed by atoms with Crippen molar-refractivity contribution in [3.05, 3.63) is 37.2 Å². The summed E-state index contributed by atoms with van der Waals surface area (Å²) in [5, 5.41) is 4.28. The maximum Gasteiger partial charge on any atom is 0.0989 e. The smallest absolute Gasteiger partial charge is 0.0989 e. The number of imidazole rings is 1. The molecule has 0 fully saturated rings. The topological polar surface area (TPSA) is 35.6 Å². The van der Waals surface area contributed by atoms with Gasteiger partial charge in [-0.05, 0) is 25.3 Å². The van der Waals surface area contributed by atoms with Crippen LogP contribution >= 0.6 is 0 Å². The van der Waals surface area contributed by atoms with Crippen LogP contribution in [0.5, 0.6) is 0 Å². The molecule has 2 aromatic rings. The van der Waals surface area contributed by atoms with Crippen molar-refractivity contribution in [1.29, 1.82) is 0 Å². The fourth-order valence-corrected chi connectivity index (χ4v) is 2.08. The molecular formula is C11H12N4. The lowest BCUT2D eigenvalue weighted by Crippen LogP contribution is -2.00. The Morgan fingerprint density at radius 1 is 1.07 bits per heavy atom. The van der Waals surface area contributed by atoms with Gasteiger partial charge in [0, 0.05) is 30.5 Å². The Hall–Kier alpha value is -1.84. The van der Waals surface area contributed by atoms with Gasteiger partial charge >= 0.3 is 0 Å². The molecule has 4 heteroatoms. The van der Waals surface area contributed by atoms with Crippen LogP contribution in [0.1, 0.15) is 19.3 Å². The predicted molar refractivity (Wildman–Crippen MR) is 57.7 cm³/mol. The van der Waals surface area contributed by atoms with E-state index < -0.39 is 0 Å². The maximum absolute atomic E-state index is 4.28. The first-order valence-electron chi connectivity index (χ1n) is 5.15. The van der Waals surface area contributed by atoms with Gasteiger partial charge in [-0.2, -0.15) is 5.10 Å². The minimum Gasteiger partial charge on any atom is -0.308 e. The van der Waals surface area contributed by atoms with E-state index in [1.54, 1.807) is 0 Å². The third kappa shape index (κ3) is 1.38. The van der Waals surface area contributed by atoms with E-state index in [1.165, 1.54) is 17.8 Å². The van der Waals surface area contributed by atoms with Gasteiger partial charge in [0.05, 0.1) is 12.0 Å². The molecular weight excluding hydrogens is 188 g/mol. The molecule has 0 aliphatic heterocycles. The van der Waals surface area contributed by atoms with E-state index in [-0.39, 0.29) is 0 Å². The normalized spacial score (nSPS) is 16.3. The van der Waals surface area contributed by atoms with Crippen molar-refractivity contribution in [2.24, 2.45) is 0 Å². The van der Waals surface area contributed by atoms with Crippen LogP contribution in [-0.4, -0.2) is 19.3 Å². The number of hydrogen-bond donors (Lipinski definition) is 0. The lowest BCUT2D eigenvalue weighted by molar-refractivity contribution is 0.842. The lowest BCUT2D eigenvalue weighted by Gasteiger charge is -2.07. The summed E-state index contributed by atoms with van der Waals surface area (Å²) in [6.45, 7) is 0. The molecule has 0 atom stereocenters. The first-order valence-corrected chi connectivity index (χ1v) is 5.15. The fraction of sp³-hybridized carbons (Fsp3) is 0.273. The zero-order chi connectivity index (χ0) is 10.1. The summed E-state index contributed by atoms with van der Waals surface area (Å²) in [6.07, 6.45) is 12.9. The predicted octanol–water partition coefficient (Wildman–Crippen LogP) is 2.09. The fourth-order valence-electron chi connectivity index (χ4n) is 2.08. The number of rotatable bonds is 2. The summed E-state index contributed by atoms with van der Waals surface area (Å²) in [6, 6.07) is 1.96. The molecule has 0 unspecified atom stereocenters. The molecule has 0 aromatic carbocycles. The highest BCUT2D eigenvalue weighted by Crippen LogP contribution is 2.31. The zero-order valence-corrected chi connectivity index (χ0v) is 8.37. The average molecular weight is 200 g/mol. The second-order valence-corrected chi connectivity index (χ2v) is 3.67. The molecule has 2 aromatic heterocycles. The molecule has 0 bridgehead atoms. The minimum absolute atomic E-state index is 1.09. The minimum atomic E-state index is 1.09. The van der Waals surface area contributed by atoms with Gasteiger partial charge in [0.1, 0.15) is 0 Å². The molecule has 1 aliphatic rings. The van der Waals surface area contributed by atoms with Gasteiger partial charge in [0.15, 0.2) is 0 Å². The molecule has 0 saturated carbocycles. The Labute approximate surface area is 87.9 Å². The zero-order valence-electron chi connectivity index (χ0n) is 8.37. The summed E-state index contributed by atoms with van der Waals surface area (Å²) in [7, 11) is 0. The van der Waals surface area contributed by atoms with Crippen molar-refractivity contribution >= 4 is 11.4 Å². The molecule has 0 radical (unpaired) electrons. The van der Waals surface area contributed by atoms with Gasteiger partial charge in [0.2, 0.25) is 0 Å². The van der Waals surface area contributed by atoms with Gasteiger partial charge in [-0.3, -0.25) is 0 Å². The molecule has 76 valence electrons. The lowest BCUT2D eigenvalue weighted by atomic mass is 10.3. The van der Waals surface area contributed by atoms with Crippen LogP contribution in [-0.2, 0) is 0 Å². The molecule has 2 heterocycles. The van der Waals surface area contributed by atoms with E-state index in [1.807, 2.05) is 41.9 Å². The number of hydrogen-bond acceptors (Lipinski definition) is 2. The van der Waals surface area contributed by atoms with Crippen LogP contribution in [0.2, 0.25) is 0 Å². The number of nitrogens with zero attached hydrogens (tertiary/aromatic N) is 4. The van der Waals surface area contributed by atoms with Crippen LogP contribution < -0.4 is 0 Å². The van der Waals surface area contributed by atoms with Crippen molar-refractivity contribution in [1.82, 2.24) is 19.3 Å². The Morgan fingerprint density at radius 3 is 2.73 bits per heavy atom. The largest absolute Gasteiger partial charge is 0.308 e. The van der Waals surface area contributed by atoms with E-state index in [2.05, 4.69) is 14.6 Å². The van der Waals surface area contributed by atoms with Gasteiger partial charge < -0.3 is 4.57 Å². The van der Waals surface area contributed by atoms with Crippen molar-refractivity contribution in [2.75, 3.05) is 0 Å². The highest BCUT2D eigenvalue weighted by Gasteiger charge is 2.17. The molecule has 4 nitrogen and oxygen atoms in total. The van der Waals surface area contributed by atoms with Crippen LogP contribution in [0.4, 0.5) is 0 Å². The third-order valence-electron chi connectivity index (χ3n) is 2.76. The van der Waals surface area contributed by atoms with E-state index >= 15 is 0 Å². The maximum atomic E-state index is 4.28. The molecule has 3 rings (SSSR count). The van der Waals surface area contributed by atoms with E-state index in [9.17, 15) is 0 Å². The van der Waals surface area contributed by atoms with Crippen molar-refractivity contribution in [2.45, 2.75) is 19.3 Å². The summed E-state index contributed by atoms with van der Waals surface area (Å²) in [4.78, 5) is 4.08. The highest BCUT2D eigenvalue weighted by atomic mass is 15.3. The Bertz CT molecular complexity index is 420. The van der Waals surface area contributed by atoms with Crippen LogP contribution in [0.3, 0.4) is 0 Å². The van der Waals surface area contributed by atoms with Gasteiger partial charge in [0.25, 0.3) is 0 Å². The Kier molecular flexibility index (Phi) is 1.91. The SMILES string of the molecule is c1cnn(C2=C(n3ccnc3)CCC2)c1. The molecule has 0 amide bonds. The van der Waals surface area contributed by atoms with E-state index in [0.717, 1.165) is 12.8 Å². The first kappa shape index (κ1) is 8.47. The van der Waals surface area contributed by atoms with E-state index in [4.69, 9.17) is 0 Å². The molecule has 0 spiro atoms. The second-order valence-electron chi connectivity index (χ2n) is 3.67. The summed E-state index contributed by atoms with van der Waals surface area (Å²) < 4.78 is 4.05. The molecule has 0 N–H and O–H groups in total. The van der Waals surface area contributed by atoms with Crippen molar-refractivity contribution < 1.29 is 0 Å². The summed E-state index contributed by atoms with van der Waals surface area (Å²) in [5.74, 6) is 0. The van der Waals surface area contributed by atoms with E-state index in [0.29, 0.717) is 0 Å². The number of aromatic nitrogens is 4. The highest BCUT2D eigenvalue weighted by molar-refractivity contribution is 5.74. The van der Waals surface area contributed by atoms with Crippen molar-refractivity contribution in [3.8, 4) is 0 Å². The number of allylic oxidation sites excluding steroid dienone is 2. The van der Waals surface area contributed by atoms with Crippen molar-refractivity contribution in [3.63, 3.8) is 0 Å². The Morgan fingerprint density at radius 2 is 2.00 bits per heavy atom. The molecule has 1 aliphatic carbocycles. The van der Waals surface area contributed by atoms with Crippen LogP contribution in [0, 0.1) is 0 Å². The van der Waals surface area contributed by atoms with Crippen LogP contribution in [0.15, 0.2) is 37.2 Å². The Balaban J connectivity index is 2.09. The quantitative estimate of drug-likeness (QED) is 0.744. The van der Waals surface area contributed by atoms with Gasteiger partial charge in [-0.25, -0.2) is 9.67 Å². The second kappa shape index (κ2) is 3.38. The van der Waals surface area contributed by atoms with Gasteiger partial charge in [-0.1, -0.05) is 0 Å².